The molecule has 0 saturated carbocycles. The van der Waals surface area contributed by atoms with Crippen molar-refractivity contribution in [3.05, 3.63) is 104 Å². The first-order chi connectivity index (χ1) is 35.2. The molecule has 0 atom stereocenters. The number of rotatable bonds is 10. The van der Waals surface area contributed by atoms with Crippen molar-refractivity contribution in [2.45, 2.75) is 152 Å². The Bertz CT molecular complexity index is 3310. The fraction of sp³-hybridized carbons (Fsp3) is 0.433. The Kier molecular flexibility index (Phi) is 17.0. The third-order valence-corrected chi connectivity index (χ3v) is 15.1. The minimum atomic E-state index is -0.0977. The summed E-state index contributed by atoms with van der Waals surface area (Å²) in [6.45, 7) is 36.6. The van der Waals surface area contributed by atoms with Crippen molar-refractivity contribution in [3.8, 4) is 50.3 Å². The first-order valence-electron chi connectivity index (χ1n) is 25.6. The van der Waals surface area contributed by atoms with E-state index in [-0.39, 0.29) is 16.2 Å². The fourth-order valence-electron chi connectivity index (χ4n) is 8.49. The zero-order valence-electron chi connectivity index (χ0n) is 47.6. The zero-order valence-corrected chi connectivity index (χ0v) is 50.1. The van der Waals surface area contributed by atoms with E-state index in [0.717, 1.165) is 105 Å². The highest BCUT2D eigenvalue weighted by Crippen LogP contribution is 2.39. The number of aryl methyl sites for hydroxylation is 2. The summed E-state index contributed by atoms with van der Waals surface area (Å²) in [5, 5.41) is 16.8. The first-order valence-corrected chi connectivity index (χ1v) is 28.2. The molecule has 9 aromatic rings. The van der Waals surface area contributed by atoms with E-state index in [9.17, 15) is 0 Å². The lowest BCUT2D eigenvalue weighted by atomic mass is 9.87. The van der Waals surface area contributed by atoms with Crippen molar-refractivity contribution in [2.24, 2.45) is 0 Å². The molecule has 0 aliphatic rings. The zero-order chi connectivity index (χ0) is 54.9. The van der Waals surface area contributed by atoms with Gasteiger partial charge in [-0.25, -0.2) is 39.9 Å². The van der Waals surface area contributed by atoms with Gasteiger partial charge in [0.2, 0.25) is 0 Å². The normalized spacial score (nSPS) is 12.1. The van der Waals surface area contributed by atoms with Gasteiger partial charge in [0.25, 0.3) is 0 Å². The van der Waals surface area contributed by atoms with Gasteiger partial charge in [-0.3, -0.25) is 0 Å². The van der Waals surface area contributed by atoms with Crippen LogP contribution in [0.15, 0.2) is 64.7 Å². The number of benzene rings is 3. The molecule has 1 N–H and O–H groups in total. The van der Waals surface area contributed by atoms with Crippen LogP contribution < -0.4 is 19.5 Å². The number of nitrogens with one attached hydrogen (secondary N) is 1. The summed E-state index contributed by atoms with van der Waals surface area (Å²) in [7, 11) is 5.07. The van der Waals surface area contributed by atoms with E-state index in [2.05, 4.69) is 150 Å². The van der Waals surface area contributed by atoms with Gasteiger partial charge in [-0.1, -0.05) is 90.0 Å². The van der Waals surface area contributed by atoms with Crippen molar-refractivity contribution < 1.29 is 14.2 Å². The van der Waals surface area contributed by atoms with Gasteiger partial charge >= 0.3 is 0 Å². The predicted molar refractivity (Wildman–Crippen MR) is 316 cm³/mol. The van der Waals surface area contributed by atoms with Crippen LogP contribution in [0.4, 0.5) is 5.13 Å². The molecule has 0 fully saturated rings. The Labute approximate surface area is 456 Å². The Balaban J connectivity index is 0.000000164. The molecule has 6 aromatic heterocycles. The molecular weight excluding hydrogens is 991 g/mol. The monoisotopic (exact) mass is 1070 g/mol. The molecule has 6 heterocycles. The number of aromatic nitrogens is 8. The maximum Gasteiger partial charge on any atom is 0.189 e. The van der Waals surface area contributed by atoms with Gasteiger partial charge in [-0.15, -0.1) is 34.0 Å². The average Bonchev–Trinajstić information content (AvgIpc) is 4.16. The summed E-state index contributed by atoms with van der Waals surface area (Å²) in [6, 6.07) is 16.7. The maximum absolute atomic E-state index is 5.53. The molecular formula is C60H75N9O3S3. The van der Waals surface area contributed by atoms with Gasteiger partial charge in [-0.05, 0) is 92.9 Å². The van der Waals surface area contributed by atoms with E-state index in [1.54, 1.807) is 55.3 Å². The van der Waals surface area contributed by atoms with E-state index in [4.69, 9.17) is 49.1 Å². The van der Waals surface area contributed by atoms with Crippen molar-refractivity contribution >= 4 is 71.7 Å². The van der Waals surface area contributed by atoms with Gasteiger partial charge in [0.15, 0.2) is 21.8 Å². The summed E-state index contributed by atoms with van der Waals surface area (Å²) < 4.78 is 16.4. The molecule has 9 rings (SSSR count). The molecule has 0 bridgehead atoms. The number of methoxy groups -OCH3 is 3. The van der Waals surface area contributed by atoms with E-state index in [1.165, 1.54) is 10.8 Å². The molecule has 3 aromatic carbocycles. The Morgan fingerprint density at radius 1 is 0.467 bits per heavy atom. The van der Waals surface area contributed by atoms with Crippen LogP contribution in [-0.2, 0) is 16.2 Å². The van der Waals surface area contributed by atoms with Crippen LogP contribution in [0.5, 0.6) is 17.2 Å². The molecule has 396 valence electrons. The molecule has 75 heavy (non-hydrogen) atoms. The number of thiazole rings is 3. The highest BCUT2D eigenvalue weighted by atomic mass is 32.1. The van der Waals surface area contributed by atoms with Crippen molar-refractivity contribution in [1.29, 1.82) is 0 Å². The van der Waals surface area contributed by atoms with Crippen LogP contribution in [-0.4, -0.2) is 67.2 Å². The topological polar surface area (TPSA) is 143 Å². The average molecular weight is 1070 g/mol. The molecule has 0 aliphatic carbocycles. The Hall–Kier alpha value is -6.16. The smallest absolute Gasteiger partial charge is 0.189 e. The summed E-state index contributed by atoms with van der Waals surface area (Å²) in [5.41, 5.74) is 10.9. The summed E-state index contributed by atoms with van der Waals surface area (Å²) in [5.74, 6) is 4.72. The molecule has 12 nitrogen and oxygen atoms in total. The summed E-state index contributed by atoms with van der Waals surface area (Å²) >= 11 is 4.85. The van der Waals surface area contributed by atoms with Gasteiger partial charge in [0.05, 0.1) is 66.5 Å². The standard InChI is InChI=1S/C21H26N2OS.C20H25N3OS.C19H24N4OS/c1-12(2)17-11-25-20(23-17)16-10-15-13(3)18(24-7)9-8-14(15)19(22-16)21(4,5)6;1-11(2)14-10-25-19(21-14)18-22-16-12(3)15(24-7)9-8-13(16)17(23-18)20(4,5)6;1-11(2)20-18-22-15(10-25-18)17-21-14-9-12(24-6)7-8-13(14)16(23-17)19(3,4)5/h8-12H,1-7H3;8-11H,1-7H3;7-11H,1-6H3,(H,20,22). The minimum Gasteiger partial charge on any atom is -0.497 e. The molecule has 0 aliphatic heterocycles. The van der Waals surface area contributed by atoms with Gasteiger partial charge in [0, 0.05) is 66.2 Å². The van der Waals surface area contributed by atoms with Gasteiger partial charge < -0.3 is 19.5 Å². The summed E-state index contributed by atoms with van der Waals surface area (Å²) in [6.07, 6.45) is 0. The number of nitrogens with zero attached hydrogens (tertiary/aromatic N) is 8. The van der Waals surface area contributed by atoms with Crippen LogP contribution in [0.25, 0.3) is 65.6 Å². The molecule has 0 spiro atoms. The number of pyridine rings is 1. The van der Waals surface area contributed by atoms with Crippen molar-refractivity contribution in [2.75, 3.05) is 26.6 Å². The minimum absolute atomic E-state index is 0.0482. The Morgan fingerprint density at radius 2 is 1.00 bits per heavy atom. The molecule has 0 saturated heterocycles. The van der Waals surface area contributed by atoms with Crippen LogP contribution >= 0.6 is 34.0 Å². The fourth-order valence-corrected chi connectivity index (χ4v) is 11.2. The van der Waals surface area contributed by atoms with Crippen molar-refractivity contribution in [1.82, 2.24) is 39.9 Å². The second-order valence-electron chi connectivity index (χ2n) is 22.9. The second-order valence-corrected chi connectivity index (χ2v) is 25.4. The van der Waals surface area contributed by atoms with E-state index >= 15 is 0 Å². The number of anilines is 1. The number of hydrogen-bond acceptors (Lipinski definition) is 15. The van der Waals surface area contributed by atoms with Crippen LogP contribution in [0, 0.1) is 13.8 Å². The molecule has 0 unspecified atom stereocenters. The lowest BCUT2D eigenvalue weighted by Gasteiger charge is -2.22. The van der Waals surface area contributed by atoms with Crippen LogP contribution in [0.2, 0.25) is 0 Å². The number of fused-ring (bicyclic) bond motifs is 3. The van der Waals surface area contributed by atoms with Crippen molar-refractivity contribution in [3.63, 3.8) is 0 Å². The molecule has 0 amide bonds. The SMILES string of the molecule is COc1ccc2c(C(C)(C)C)nc(-c3csc(NC(C)C)n3)nc2c1.COc1ccc2c(C(C)(C)C)nc(-c3nc(C(C)C)cs3)cc2c1C.COc1ccc2c(C(C)(C)C)nc(-c3nc(C(C)C)cs3)nc2c1C. The first kappa shape index (κ1) is 56.6. The lowest BCUT2D eigenvalue weighted by Crippen LogP contribution is -2.16. The molecule has 0 radical (unpaired) electrons. The van der Waals surface area contributed by atoms with Crippen LogP contribution in [0.1, 0.15) is 155 Å². The van der Waals surface area contributed by atoms with E-state index in [0.29, 0.717) is 29.5 Å². The largest absolute Gasteiger partial charge is 0.497 e. The van der Waals surface area contributed by atoms with E-state index < -0.39 is 0 Å². The number of hydrogen-bond donors (Lipinski definition) is 1. The quantitative estimate of drug-likeness (QED) is 0.139. The van der Waals surface area contributed by atoms with Gasteiger partial charge in [-0.2, -0.15) is 0 Å². The summed E-state index contributed by atoms with van der Waals surface area (Å²) in [4.78, 5) is 38.6. The molecule has 15 heteroatoms. The second kappa shape index (κ2) is 22.6. The highest BCUT2D eigenvalue weighted by Gasteiger charge is 2.26. The van der Waals surface area contributed by atoms with Crippen LogP contribution in [0.3, 0.4) is 0 Å². The highest BCUT2D eigenvalue weighted by molar-refractivity contribution is 7.14. The third-order valence-electron chi connectivity index (χ3n) is 12.6. The van der Waals surface area contributed by atoms with Gasteiger partial charge in [0.1, 0.15) is 28.0 Å². The predicted octanol–water partition coefficient (Wildman–Crippen LogP) is 16.5. The Morgan fingerprint density at radius 3 is 1.56 bits per heavy atom. The van der Waals surface area contributed by atoms with E-state index in [1.807, 2.05) is 42.6 Å². The number of ether oxygens (including phenoxy) is 3. The maximum atomic E-state index is 5.53. The third kappa shape index (κ3) is 12.8. The lowest BCUT2D eigenvalue weighted by molar-refractivity contribution is 0.412.